The van der Waals surface area contributed by atoms with Gasteiger partial charge in [0.25, 0.3) is 11.8 Å². The summed E-state index contributed by atoms with van der Waals surface area (Å²) in [6.07, 6.45) is 4.65. The zero-order valence-corrected chi connectivity index (χ0v) is 22.2. The Morgan fingerprint density at radius 2 is 1.21 bits per heavy atom. The second-order valence-corrected chi connectivity index (χ2v) is 7.69. The molecule has 7 nitrogen and oxygen atoms in total. The van der Waals surface area contributed by atoms with Gasteiger partial charge in [-0.3, -0.25) is 14.5 Å². The van der Waals surface area contributed by atoms with Gasteiger partial charge in [0.1, 0.15) is 0 Å². The molecule has 2 aromatic rings. The Morgan fingerprint density at radius 3 is 1.76 bits per heavy atom. The molecule has 0 unspecified atom stereocenters. The minimum atomic E-state index is -1.00. The number of hydrogen-bond acceptors (Lipinski definition) is 6. The first kappa shape index (κ1) is 27.5. The summed E-state index contributed by atoms with van der Waals surface area (Å²) in [5, 5.41) is 10.4. The van der Waals surface area contributed by atoms with E-state index < -0.39 is 5.97 Å². The molecule has 1 aliphatic heterocycles. The van der Waals surface area contributed by atoms with Crippen molar-refractivity contribution in [2.45, 2.75) is 44.9 Å². The van der Waals surface area contributed by atoms with Crippen molar-refractivity contribution in [3.8, 4) is 11.5 Å². The summed E-state index contributed by atoms with van der Waals surface area (Å²) in [6, 6.07) is 14.3. The maximum absolute atomic E-state index is 12.4. The van der Waals surface area contributed by atoms with Crippen molar-refractivity contribution in [3.05, 3.63) is 59.7 Å². The van der Waals surface area contributed by atoms with Crippen LogP contribution in [0.1, 0.15) is 65.7 Å². The van der Waals surface area contributed by atoms with Crippen molar-refractivity contribution in [3.63, 3.8) is 0 Å². The van der Waals surface area contributed by atoms with Crippen molar-refractivity contribution < 1.29 is 80.3 Å². The number of imide groups is 1. The number of unbranched alkanes of at least 4 members (excludes halogenated alkanes) is 4. The molecule has 0 fully saturated rings. The summed E-state index contributed by atoms with van der Waals surface area (Å²) in [6.45, 7) is 1.35. The van der Waals surface area contributed by atoms with E-state index in [0.717, 1.165) is 19.3 Å². The van der Waals surface area contributed by atoms with Crippen LogP contribution in [0.3, 0.4) is 0 Å². The number of para-hydroxylation sites is 2. The van der Waals surface area contributed by atoms with Gasteiger partial charge in [-0.2, -0.15) is 0 Å². The molecule has 8 heteroatoms. The Kier molecular flexibility index (Phi) is 12.1. The van der Waals surface area contributed by atoms with Crippen LogP contribution >= 0.6 is 0 Å². The number of carboxylic acid groups (broad SMARTS) is 1. The maximum Gasteiger partial charge on any atom is 1.00 e. The standard InChI is InChI=1S/C25H29NO6.K/c27-23(28)15-3-1-2-9-17-31-21-13-6-7-14-22(21)32-18-10-8-16-26-24(29)19-11-4-5-12-20(19)25(26)30;/h4-7,11-14H,1-3,8-10,15-18H2,(H,27,28);/q;+1/p-1. The van der Waals surface area contributed by atoms with Crippen LogP contribution in [-0.4, -0.2) is 42.4 Å². The molecule has 0 bridgehead atoms. The molecule has 33 heavy (non-hydrogen) atoms. The van der Waals surface area contributed by atoms with Gasteiger partial charge in [0.2, 0.25) is 0 Å². The molecule has 2 amide bonds. The number of benzene rings is 2. The molecular weight excluding hydrogens is 449 g/mol. The fourth-order valence-corrected chi connectivity index (χ4v) is 3.59. The molecule has 0 spiro atoms. The quantitative estimate of drug-likeness (QED) is 0.220. The number of carbonyl (C=O) groups excluding carboxylic acids is 3. The molecule has 0 atom stereocenters. The second-order valence-electron chi connectivity index (χ2n) is 7.69. The van der Waals surface area contributed by atoms with E-state index in [1.165, 1.54) is 4.90 Å². The van der Waals surface area contributed by atoms with Gasteiger partial charge in [-0.15, -0.1) is 0 Å². The van der Waals surface area contributed by atoms with Crippen molar-refractivity contribution in [2.24, 2.45) is 0 Å². The van der Waals surface area contributed by atoms with Gasteiger partial charge in [0.15, 0.2) is 11.5 Å². The number of hydrogen-bond donors (Lipinski definition) is 0. The largest absolute Gasteiger partial charge is 1.00 e. The van der Waals surface area contributed by atoms with Gasteiger partial charge in [0, 0.05) is 12.5 Å². The molecule has 0 radical (unpaired) electrons. The first-order valence-electron chi connectivity index (χ1n) is 11.1. The van der Waals surface area contributed by atoms with Gasteiger partial charge < -0.3 is 19.4 Å². The van der Waals surface area contributed by atoms with E-state index >= 15 is 0 Å². The number of carbonyl (C=O) groups is 3. The normalized spacial score (nSPS) is 12.3. The van der Waals surface area contributed by atoms with Crippen LogP contribution < -0.4 is 66.0 Å². The molecule has 3 rings (SSSR count). The number of ether oxygens (including phenoxy) is 2. The van der Waals surface area contributed by atoms with Crippen molar-refractivity contribution in [1.82, 2.24) is 4.90 Å². The summed E-state index contributed by atoms with van der Waals surface area (Å²) in [5.74, 6) is -0.140. The molecule has 2 aromatic carbocycles. The molecule has 0 saturated carbocycles. The second kappa shape index (κ2) is 14.5. The van der Waals surface area contributed by atoms with Crippen LogP contribution in [0, 0.1) is 0 Å². The first-order chi connectivity index (χ1) is 15.6. The van der Waals surface area contributed by atoms with Gasteiger partial charge in [-0.05, 0) is 56.4 Å². The van der Waals surface area contributed by atoms with Crippen LogP contribution in [0.5, 0.6) is 11.5 Å². The maximum atomic E-state index is 12.4. The van der Waals surface area contributed by atoms with Crippen LogP contribution in [0.2, 0.25) is 0 Å². The number of aliphatic carboxylic acids is 1. The van der Waals surface area contributed by atoms with Crippen molar-refractivity contribution in [2.75, 3.05) is 19.8 Å². The molecule has 0 N–H and O–H groups in total. The van der Waals surface area contributed by atoms with E-state index in [0.29, 0.717) is 61.6 Å². The minimum absolute atomic E-state index is 0. The number of amides is 2. The fourth-order valence-electron chi connectivity index (χ4n) is 3.59. The van der Waals surface area contributed by atoms with E-state index in [9.17, 15) is 19.5 Å². The third-order valence-corrected chi connectivity index (χ3v) is 5.29. The Labute approximate surface area is 236 Å². The SMILES string of the molecule is O=C([O-])CCCCCCOc1ccccc1OCCCCN1C(=O)c2ccccc2C1=O.[K+]. The third-order valence-electron chi connectivity index (χ3n) is 5.29. The smallest absolute Gasteiger partial charge is 0.550 e. The van der Waals surface area contributed by atoms with E-state index in [1.54, 1.807) is 24.3 Å². The molecule has 1 aliphatic rings. The van der Waals surface area contributed by atoms with E-state index in [1.807, 2.05) is 24.3 Å². The van der Waals surface area contributed by atoms with Crippen molar-refractivity contribution >= 4 is 17.8 Å². The van der Waals surface area contributed by atoms with Crippen LogP contribution in [0.4, 0.5) is 0 Å². The number of carboxylic acids is 1. The average molecular weight is 478 g/mol. The molecule has 0 aliphatic carbocycles. The van der Waals surface area contributed by atoms with Gasteiger partial charge in [-0.1, -0.05) is 37.1 Å². The summed E-state index contributed by atoms with van der Waals surface area (Å²) >= 11 is 0. The summed E-state index contributed by atoms with van der Waals surface area (Å²) < 4.78 is 11.7. The molecule has 170 valence electrons. The molecule has 0 aromatic heterocycles. The predicted molar refractivity (Wildman–Crippen MR) is 117 cm³/mol. The number of nitrogens with zero attached hydrogens (tertiary/aromatic N) is 1. The first-order valence-corrected chi connectivity index (χ1v) is 11.1. The predicted octanol–water partition coefficient (Wildman–Crippen LogP) is 0.225. The topological polar surface area (TPSA) is 96.0 Å². The van der Waals surface area contributed by atoms with Gasteiger partial charge in [-0.25, -0.2) is 0 Å². The van der Waals surface area contributed by atoms with Crippen LogP contribution in [0.15, 0.2) is 48.5 Å². The molecule has 0 saturated heterocycles. The zero-order valence-electron chi connectivity index (χ0n) is 19.1. The Bertz CT molecular complexity index is 913. The van der Waals surface area contributed by atoms with Crippen LogP contribution in [-0.2, 0) is 4.79 Å². The number of rotatable bonds is 14. The average Bonchev–Trinajstić information content (AvgIpc) is 3.04. The van der Waals surface area contributed by atoms with Gasteiger partial charge in [0.05, 0.1) is 24.3 Å². The Hall–Kier alpha value is -1.71. The summed E-state index contributed by atoms with van der Waals surface area (Å²) in [5.41, 5.74) is 0.942. The van der Waals surface area contributed by atoms with E-state index in [4.69, 9.17) is 9.47 Å². The summed E-state index contributed by atoms with van der Waals surface area (Å²) in [4.78, 5) is 36.5. The van der Waals surface area contributed by atoms with Gasteiger partial charge >= 0.3 is 51.4 Å². The monoisotopic (exact) mass is 477 g/mol. The molecule has 1 heterocycles. The molecular formula is C25H28KNO6. The Morgan fingerprint density at radius 1 is 0.727 bits per heavy atom. The van der Waals surface area contributed by atoms with E-state index in [2.05, 4.69) is 0 Å². The van der Waals surface area contributed by atoms with Crippen molar-refractivity contribution in [1.29, 1.82) is 0 Å². The van der Waals surface area contributed by atoms with E-state index in [-0.39, 0.29) is 69.6 Å². The van der Waals surface area contributed by atoms with Crippen LogP contribution in [0.25, 0.3) is 0 Å². The fraction of sp³-hybridized carbons (Fsp3) is 0.400. The third kappa shape index (κ3) is 8.22. The number of fused-ring (bicyclic) bond motifs is 1. The zero-order chi connectivity index (χ0) is 22.8. The Balaban J connectivity index is 0.00000385. The minimum Gasteiger partial charge on any atom is -0.550 e. The summed E-state index contributed by atoms with van der Waals surface area (Å²) in [7, 11) is 0.